The van der Waals surface area contributed by atoms with Crippen molar-refractivity contribution in [3.05, 3.63) is 102 Å². The molecule has 0 saturated heterocycles. The molecule has 3 N–H and O–H groups in total. The summed E-state index contributed by atoms with van der Waals surface area (Å²) < 4.78 is 0. The molecule has 0 aromatic heterocycles. The third-order valence-corrected chi connectivity index (χ3v) is 3.70. The fourth-order valence-electron chi connectivity index (χ4n) is 2.58. The van der Waals surface area contributed by atoms with Gasteiger partial charge in [-0.25, -0.2) is 0 Å². The summed E-state index contributed by atoms with van der Waals surface area (Å²) in [4.78, 5) is 0. The molecule has 0 bridgehead atoms. The minimum atomic E-state index is -0.119. The number of hydrazone groups is 1. The Morgan fingerprint density at radius 2 is 1.26 bits per heavy atom. The van der Waals surface area contributed by atoms with Gasteiger partial charge >= 0.3 is 0 Å². The molecule has 0 spiro atoms. The van der Waals surface area contributed by atoms with Crippen molar-refractivity contribution in [3.8, 4) is 0 Å². The van der Waals surface area contributed by atoms with Crippen LogP contribution in [0, 0.1) is 0 Å². The summed E-state index contributed by atoms with van der Waals surface area (Å²) in [6, 6.07) is 30.2. The van der Waals surface area contributed by atoms with Crippen LogP contribution in [-0.2, 0) is 0 Å². The van der Waals surface area contributed by atoms with E-state index in [1.165, 1.54) is 0 Å². The van der Waals surface area contributed by atoms with Gasteiger partial charge in [-0.1, -0.05) is 78.9 Å². The van der Waals surface area contributed by atoms with Crippen LogP contribution in [-0.4, -0.2) is 5.71 Å². The molecule has 114 valence electrons. The van der Waals surface area contributed by atoms with Gasteiger partial charge in [-0.15, -0.1) is 0 Å². The van der Waals surface area contributed by atoms with E-state index in [0.717, 1.165) is 22.5 Å². The van der Waals surface area contributed by atoms with E-state index in [0.29, 0.717) is 0 Å². The first kappa shape index (κ1) is 14.9. The van der Waals surface area contributed by atoms with Gasteiger partial charge in [0.1, 0.15) is 0 Å². The van der Waals surface area contributed by atoms with Gasteiger partial charge in [0.2, 0.25) is 0 Å². The topological polar surface area (TPSA) is 50.4 Å². The van der Waals surface area contributed by atoms with Crippen molar-refractivity contribution in [2.45, 2.75) is 6.04 Å². The van der Waals surface area contributed by atoms with Crippen molar-refractivity contribution < 1.29 is 0 Å². The van der Waals surface area contributed by atoms with Gasteiger partial charge in [-0.05, 0) is 17.7 Å². The van der Waals surface area contributed by atoms with Gasteiger partial charge < -0.3 is 11.2 Å². The quantitative estimate of drug-likeness (QED) is 0.421. The van der Waals surface area contributed by atoms with Crippen LogP contribution in [0.2, 0.25) is 0 Å². The normalized spacial score (nSPS) is 12.6. The maximum Gasteiger partial charge on any atom is 0.0964 e. The highest BCUT2D eigenvalue weighted by molar-refractivity contribution is 6.06. The lowest BCUT2D eigenvalue weighted by Gasteiger charge is -2.22. The van der Waals surface area contributed by atoms with Gasteiger partial charge in [-0.3, -0.25) is 0 Å². The lowest BCUT2D eigenvalue weighted by Crippen LogP contribution is -2.23. The monoisotopic (exact) mass is 301 g/mol. The zero-order valence-corrected chi connectivity index (χ0v) is 12.8. The van der Waals surface area contributed by atoms with E-state index in [-0.39, 0.29) is 6.04 Å². The Kier molecular flexibility index (Phi) is 4.69. The summed E-state index contributed by atoms with van der Waals surface area (Å²) in [6.07, 6.45) is 0. The molecular formula is C20H19N3. The summed E-state index contributed by atoms with van der Waals surface area (Å²) in [5, 5.41) is 7.62. The number of nitrogens with two attached hydrogens (primary N) is 1. The molecule has 0 aliphatic heterocycles. The van der Waals surface area contributed by atoms with E-state index < -0.39 is 0 Å². The second kappa shape index (κ2) is 7.27. The number of hydrogen-bond donors (Lipinski definition) is 2. The molecule has 3 aromatic carbocycles. The maximum absolute atomic E-state index is 5.74. The van der Waals surface area contributed by atoms with Gasteiger partial charge in [0.25, 0.3) is 0 Å². The Labute approximate surface area is 136 Å². The summed E-state index contributed by atoms with van der Waals surface area (Å²) >= 11 is 0. The number of para-hydroxylation sites is 1. The number of hydrogen-bond acceptors (Lipinski definition) is 3. The van der Waals surface area contributed by atoms with Crippen molar-refractivity contribution in [1.29, 1.82) is 0 Å². The zero-order valence-electron chi connectivity index (χ0n) is 12.8. The highest BCUT2D eigenvalue weighted by Crippen LogP contribution is 2.24. The number of rotatable bonds is 5. The highest BCUT2D eigenvalue weighted by Gasteiger charge is 2.19. The Morgan fingerprint density at radius 1 is 0.739 bits per heavy atom. The van der Waals surface area contributed by atoms with Crippen LogP contribution in [0.25, 0.3) is 0 Å². The molecule has 0 fully saturated rings. The smallest absolute Gasteiger partial charge is 0.0964 e. The molecule has 3 nitrogen and oxygen atoms in total. The average molecular weight is 301 g/mol. The first-order valence-corrected chi connectivity index (χ1v) is 7.58. The third kappa shape index (κ3) is 3.58. The molecule has 0 aliphatic carbocycles. The van der Waals surface area contributed by atoms with Crippen LogP contribution in [0.15, 0.2) is 96.1 Å². The van der Waals surface area contributed by atoms with Crippen LogP contribution in [0.4, 0.5) is 5.69 Å². The summed E-state index contributed by atoms with van der Waals surface area (Å²) in [7, 11) is 0. The van der Waals surface area contributed by atoms with Crippen LogP contribution >= 0.6 is 0 Å². The van der Waals surface area contributed by atoms with Gasteiger partial charge in [0.05, 0.1) is 11.8 Å². The van der Waals surface area contributed by atoms with E-state index in [1.807, 2.05) is 78.9 Å². The van der Waals surface area contributed by atoms with Crippen LogP contribution in [0.5, 0.6) is 0 Å². The Balaban J connectivity index is 2.01. The van der Waals surface area contributed by atoms with Gasteiger partial charge in [-0.2, -0.15) is 5.10 Å². The maximum atomic E-state index is 5.74. The van der Waals surface area contributed by atoms with E-state index in [1.54, 1.807) is 0 Å². The molecule has 1 unspecified atom stereocenters. The Hall–Kier alpha value is -3.07. The molecule has 0 saturated carbocycles. The van der Waals surface area contributed by atoms with Crippen molar-refractivity contribution in [2.24, 2.45) is 10.9 Å². The standard InChI is InChI=1S/C20H19N3/c21-23-20(17-12-6-2-7-13-17)19(16-10-4-1-5-11-16)22-18-14-8-3-9-15-18/h1-15,19,22H,21H2/b23-20+. The lowest BCUT2D eigenvalue weighted by atomic mass is 9.96. The van der Waals surface area contributed by atoms with Crippen LogP contribution in [0.1, 0.15) is 17.2 Å². The largest absolute Gasteiger partial charge is 0.373 e. The second-order valence-electron chi connectivity index (χ2n) is 5.23. The fraction of sp³-hybridized carbons (Fsp3) is 0.0500. The summed E-state index contributed by atoms with van der Waals surface area (Å²) in [5.74, 6) is 5.74. The Bertz CT molecular complexity index is 753. The van der Waals surface area contributed by atoms with E-state index in [2.05, 4.69) is 22.6 Å². The number of benzene rings is 3. The lowest BCUT2D eigenvalue weighted by molar-refractivity contribution is 1.01. The molecule has 23 heavy (non-hydrogen) atoms. The van der Waals surface area contributed by atoms with Crippen molar-refractivity contribution >= 4 is 11.4 Å². The van der Waals surface area contributed by atoms with E-state index in [4.69, 9.17) is 5.84 Å². The molecule has 1 atom stereocenters. The molecule has 3 rings (SSSR count). The number of anilines is 1. The van der Waals surface area contributed by atoms with Crippen LogP contribution < -0.4 is 11.2 Å². The number of nitrogens with one attached hydrogen (secondary N) is 1. The zero-order chi connectivity index (χ0) is 15.9. The van der Waals surface area contributed by atoms with E-state index >= 15 is 0 Å². The summed E-state index contributed by atoms with van der Waals surface area (Å²) in [5.41, 5.74) is 3.95. The molecular weight excluding hydrogens is 282 g/mol. The average Bonchev–Trinajstić information content (AvgIpc) is 2.64. The minimum absolute atomic E-state index is 0.119. The molecule has 0 aliphatic rings. The molecule has 0 heterocycles. The van der Waals surface area contributed by atoms with Gasteiger partial charge in [0.15, 0.2) is 0 Å². The minimum Gasteiger partial charge on any atom is -0.373 e. The first-order valence-electron chi connectivity index (χ1n) is 7.58. The van der Waals surface area contributed by atoms with Crippen molar-refractivity contribution in [3.63, 3.8) is 0 Å². The SMILES string of the molecule is N/N=C(\c1ccccc1)C(Nc1ccccc1)c1ccccc1. The van der Waals surface area contributed by atoms with Crippen LogP contribution in [0.3, 0.4) is 0 Å². The molecule has 0 radical (unpaired) electrons. The highest BCUT2D eigenvalue weighted by atomic mass is 15.1. The molecule has 0 amide bonds. The predicted octanol–water partition coefficient (Wildman–Crippen LogP) is 4.20. The molecule has 3 heteroatoms. The number of nitrogens with zero attached hydrogens (tertiary/aromatic N) is 1. The third-order valence-electron chi connectivity index (χ3n) is 3.70. The Morgan fingerprint density at radius 3 is 1.83 bits per heavy atom. The van der Waals surface area contributed by atoms with Crippen molar-refractivity contribution in [2.75, 3.05) is 5.32 Å². The summed E-state index contributed by atoms with van der Waals surface area (Å²) in [6.45, 7) is 0. The first-order chi connectivity index (χ1) is 11.4. The second-order valence-corrected chi connectivity index (χ2v) is 5.23. The van der Waals surface area contributed by atoms with E-state index in [9.17, 15) is 0 Å². The molecule has 3 aromatic rings. The fourth-order valence-corrected chi connectivity index (χ4v) is 2.58. The van der Waals surface area contributed by atoms with Crippen molar-refractivity contribution in [1.82, 2.24) is 0 Å². The predicted molar refractivity (Wildman–Crippen MR) is 96.4 cm³/mol. The van der Waals surface area contributed by atoms with Gasteiger partial charge in [0, 0.05) is 11.3 Å².